The molecule has 3 rings (SSSR count). The first kappa shape index (κ1) is 19.6. The van der Waals surface area contributed by atoms with Crippen LogP contribution in [-0.4, -0.2) is 36.0 Å². The van der Waals surface area contributed by atoms with Crippen molar-refractivity contribution in [3.63, 3.8) is 0 Å². The number of aromatic nitrogens is 1. The van der Waals surface area contributed by atoms with Crippen LogP contribution >= 0.6 is 22.9 Å². The Morgan fingerprint density at radius 2 is 2.19 bits per heavy atom. The van der Waals surface area contributed by atoms with Crippen molar-refractivity contribution >= 4 is 39.7 Å². The van der Waals surface area contributed by atoms with Crippen LogP contribution in [0.4, 0.5) is 0 Å². The zero-order valence-corrected chi connectivity index (χ0v) is 16.9. The third-order valence-corrected chi connectivity index (χ3v) is 5.50. The maximum atomic E-state index is 12.3. The number of amides is 1. The number of halogens is 1. The molecular formula is C20H22ClN3O2S. The summed E-state index contributed by atoms with van der Waals surface area (Å²) in [4.78, 5) is 19.9. The van der Waals surface area contributed by atoms with Crippen molar-refractivity contribution in [2.75, 3.05) is 20.2 Å². The summed E-state index contributed by atoms with van der Waals surface area (Å²) < 4.78 is 5.23. The van der Waals surface area contributed by atoms with Gasteiger partial charge in [-0.05, 0) is 36.2 Å². The average molecular weight is 404 g/mol. The van der Waals surface area contributed by atoms with Gasteiger partial charge in [0.1, 0.15) is 10.9 Å². The molecule has 1 amide bonds. The quantitative estimate of drug-likeness (QED) is 0.575. The minimum absolute atomic E-state index is 0.000132. The lowest BCUT2D eigenvalue weighted by Crippen LogP contribution is -2.36. The molecule has 0 saturated carbocycles. The Labute approximate surface area is 167 Å². The van der Waals surface area contributed by atoms with Gasteiger partial charge in [-0.3, -0.25) is 9.69 Å². The van der Waals surface area contributed by atoms with E-state index in [2.05, 4.69) is 10.3 Å². The van der Waals surface area contributed by atoms with E-state index in [1.807, 2.05) is 53.6 Å². The zero-order valence-electron chi connectivity index (χ0n) is 15.4. The fourth-order valence-electron chi connectivity index (χ4n) is 2.78. The fraction of sp³-hybridized carbons (Fsp3) is 0.300. The number of nitrogens with one attached hydrogen (secondary N) is 1. The summed E-state index contributed by atoms with van der Waals surface area (Å²) in [6, 6.07) is 11.7. The lowest BCUT2D eigenvalue weighted by atomic mass is 10.1. The number of benzene rings is 1. The molecule has 3 aromatic rings. The van der Waals surface area contributed by atoms with Gasteiger partial charge in [-0.2, -0.15) is 0 Å². The largest absolute Gasteiger partial charge is 0.497 e. The molecule has 1 N–H and O–H groups in total. The van der Waals surface area contributed by atoms with Crippen LogP contribution in [0.5, 0.6) is 5.75 Å². The van der Waals surface area contributed by atoms with Gasteiger partial charge >= 0.3 is 0 Å². The van der Waals surface area contributed by atoms with Crippen molar-refractivity contribution in [2.45, 2.75) is 20.0 Å². The minimum atomic E-state index is -0.000132. The summed E-state index contributed by atoms with van der Waals surface area (Å²) in [5, 5.41) is 6.41. The highest BCUT2D eigenvalue weighted by Gasteiger charge is 2.13. The van der Waals surface area contributed by atoms with Crippen LogP contribution in [0.15, 0.2) is 41.8 Å². The normalized spacial score (nSPS) is 11.1. The van der Waals surface area contributed by atoms with E-state index in [4.69, 9.17) is 16.3 Å². The molecule has 0 aliphatic heterocycles. The Balaban J connectivity index is 1.66. The van der Waals surface area contributed by atoms with Crippen molar-refractivity contribution < 1.29 is 9.53 Å². The first-order valence-electron chi connectivity index (χ1n) is 8.73. The predicted octanol–water partition coefficient (Wildman–Crippen LogP) is 4.10. The van der Waals surface area contributed by atoms with Gasteiger partial charge in [-0.25, -0.2) is 4.98 Å². The molecule has 0 unspecified atom stereocenters. The number of fused-ring (bicyclic) bond motifs is 1. The summed E-state index contributed by atoms with van der Waals surface area (Å²) in [5.41, 5.74) is 1.70. The van der Waals surface area contributed by atoms with E-state index in [1.54, 1.807) is 18.4 Å². The van der Waals surface area contributed by atoms with Crippen molar-refractivity contribution in [1.29, 1.82) is 0 Å². The molecule has 0 aliphatic rings. The number of pyridine rings is 1. The summed E-state index contributed by atoms with van der Waals surface area (Å²) in [6.07, 6.45) is 0. The number of nitrogens with zero attached hydrogens (tertiary/aromatic N) is 2. The molecule has 2 aromatic heterocycles. The second-order valence-corrected chi connectivity index (χ2v) is 7.55. The van der Waals surface area contributed by atoms with Gasteiger partial charge < -0.3 is 10.1 Å². The standard InChI is InChI=1S/C20H22ClN3O2S/c1-3-24(13-19(25)22-11-17-5-4-8-27-17)12-15-9-14-6-7-16(26-2)10-18(14)23-20(15)21/h4-10H,3,11-13H2,1-2H3,(H,22,25). The first-order chi connectivity index (χ1) is 13.1. The van der Waals surface area contributed by atoms with Crippen LogP contribution in [-0.2, 0) is 17.9 Å². The molecule has 0 spiro atoms. The number of carbonyl (C=O) groups is 1. The van der Waals surface area contributed by atoms with Crippen LogP contribution in [0.1, 0.15) is 17.4 Å². The molecule has 142 valence electrons. The molecule has 27 heavy (non-hydrogen) atoms. The van der Waals surface area contributed by atoms with Crippen molar-refractivity contribution in [2.24, 2.45) is 0 Å². The number of rotatable bonds is 8. The second kappa shape index (κ2) is 9.17. The first-order valence-corrected chi connectivity index (χ1v) is 9.99. The van der Waals surface area contributed by atoms with E-state index in [1.165, 1.54) is 0 Å². The smallest absolute Gasteiger partial charge is 0.234 e. The van der Waals surface area contributed by atoms with E-state index < -0.39 is 0 Å². The molecule has 0 atom stereocenters. The fourth-order valence-corrected chi connectivity index (χ4v) is 3.63. The SMILES string of the molecule is CCN(CC(=O)NCc1cccs1)Cc1cc2ccc(OC)cc2nc1Cl. The molecule has 0 fully saturated rings. The van der Waals surface area contributed by atoms with E-state index >= 15 is 0 Å². The Kier molecular flexibility index (Phi) is 6.66. The van der Waals surface area contributed by atoms with Gasteiger partial charge in [0.15, 0.2) is 0 Å². The number of likely N-dealkylation sites (N-methyl/N-ethyl adjacent to an activating group) is 1. The molecule has 2 heterocycles. The van der Waals surface area contributed by atoms with Gasteiger partial charge in [-0.15, -0.1) is 11.3 Å². The lowest BCUT2D eigenvalue weighted by molar-refractivity contribution is -0.122. The van der Waals surface area contributed by atoms with E-state index in [0.29, 0.717) is 24.8 Å². The van der Waals surface area contributed by atoms with Crippen LogP contribution in [0.2, 0.25) is 5.15 Å². The highest BCUT2D eigenvalue weighted by molar-refractivity contribution is 7.09. The number of thiophene rings is 1. The monoisotopic (exact) mass is 403 g/mol. The number of hydrogen-bond acceptors (Lipinski definition) is 5. The van der Waals surface area contributed by atoms with E-state index in [-0.39, 0.29) is 5.91 Å². The Hall–Kier alpha value is -2.15. The summed E-state index contributed by atoms with van der Waals surface area (Å²) >= 11 is 8.02. The second-order valence-electron chi connectivity index (χ2n) is 6.16. The summed E-state index contributed by atoms with van der Waals surface area (Å²) in [7, 11) is 1.62. The highest BCUT2D eigenvalue weighted by Crippen LogP contribution is 2.25. The van der Waals surface area contributed by atoms with Crippen molar-refractivity contribution in [3.05, 3.63) is 57.4 Å². The topological polar surface area (TPSA) is 54.5 Å². The highest BCUT2D eigenvalue weighted by atomic mass is 35.5. The van der Waals surface area contributed by atoms with E-state index in [0.717, 1.165) is 33.6 Å². The molecule has 0 radical (unpaired) electrons. The van der Waals surface area contributed by atoms with Gasteiger partial charge in [0.05, 0.1) is 25.7 Å². The maximum absolute atomic E-state index is 12.3. The molecular weight excluding hydrogens is 382 g/mol. The van der Waals surface area contributed by atoms with Gasteiger partial charge in [-0.1, -0.05) is 24.6 Å². The molecule has 0 bridgehead atoms. The Morgan fingerprint density at radius 1 is 1.33 bits per heavy atom. The Morgan fingerprint density at radius 3 is 2.89 bits per heavy atom. The zero-order chi connectivity index (χ0) is 19.2. The summed E-state index contributed by atoms with van der Waals surface area (Å²) in [5.74, 6) is 0.747. The molecule has 1 aromatic carbocycles. The Bertz CT molecular complexity index is 915. The van der Waals surface area contributed by atoms with Gasteiger partial charge in [0.2, 0.25) is 5.91 Å². The third-order valence-electron chi connectivity index (χ3n) is 4.30. The van der Waals surface area contributed by atoms with Crippen LogP contribution in [0, 0.1) is 0 Å². The van der Waals surface area contributed by atoms with Crippen LogP contribution < -0.4 is 10.1 Å². The molecule has 0 saturated heterocycles. The van der Waals surface area contributed by atoms with Gasteiger partial charge in [0, 0.05) is 28.4 Å². The molecule has 5 nitrogen and oxygen atoms in total. The molecule has 0 aliphatic carbocycles. The number of methoxy groups -OCH3 is 1. The van der Waals surface area contributed by atoms with Crippen molar-refractivity contribution in [3.8, 4) is 5.75 Å². The number of carbonyl (C=O) groups excluding carboxylic acids is 1. The van der Waals surface area contributed by atoms with Crippen LogP contribution in [0.3, 0.4) is 0 Å². The summed E-state index contributed by atoms with van der Waals surface area (Å²) in [6.45, 7) is 4.22. The average Bonchev–Trinajstić information content (AvgIpc) is 3.19. The maximum Gasteiger partial charge on any atom is 0.234 e. The van der Waals surface area contributed by atoms with Gasteiger partial charge in [0.25, 0.3) is 0 Å². The van der Waals surface area contributed by atoms with Crippen LogP contribution in [0.25, 0.3) is 10.9 Å². The third kappa shape index (κ3) is 5.19. The van der Waals surface area contributed by atoms with Crippen molar-refractivity contribution in [1.82, 2.24) is 15.2 Å². The molecule has 7 heteroatoms. The minimum Gasteiger partial charge on any atom is -0.497 e. The van der Waals surface area contributed by atoms with E-state index in [9.17, 15) is 4.79 Å². The predicted molar refractivity (Wildman–Crippen MR) is 110 cm³/mol. The number of ether oxygens (including phenoxy) is 1. The lowest BCUT2D eigenvalue weighted by Gasteiger charge is -2.20. The number of hydrogen-bond donors (Lipinski definition) is 1.